The highest BCUT2D eigenvalue weighted by atomic mass is 19.1. The van der Waals surface area contributed by atoms with E-state index >= 15 is 0 Å². The minimum Gasteiger partial charge on any atom is -0.490 e. The third-order valence-electron chi connectivity index (χ3n) is 4.82. The lowest BCUT2D eigenvalue weighted by Crippen LogP contribution is -2.25. The van der Waals surface area contributed by atoms with Gasteiger partial charge in [-0.1, -0.05) is 0 Å². The molecule has 0 aliphatic heterocycles. The van der Waals surface area contributed by atoms with E-state index in [1.807, 2.05) is 0 Å². The molecule has 2 aliphatic carbocycles. The Labute approximate surface area is 152 Å². The number of oxazole rings is 1. The van der Waals surface area contributed by atoms with E-state index in [0.717, 1.165) is 24.3 Å². The normalized spacial score (nSPS) is 20.7. The van der Waals surface area contributed by atoms with E-state index in [-0.39, 0.29) is 11.9 Å². The average Bonchev–Trinajstić information content (AvgIpc) is 3.35. The molecule has 1 fully saturated rings. The molecular formula is C20H24FNO4. The summed E-state index contributed by atoms with van der Waals surface area (Å²) in [7, 11) is 0. The Morgan fingerprint density at radius 1 is 1.35 bits per heavy atom. The summed E-state index contributed by atoms with van der Waals surface area (Å²) >= 11 is 0. The first kappa shape index (κ1) is 17.5. The number of hydrogen-bond acceptors (Lipinski definition) is 5. The number of aliphatic hydroxyl groups is 1. The highest BCUT2D eigenvalue weighted by Gasteiger charge is 2.26. The van der Waals surface area contributed by atoms with Crippen molar-refractivity contribution in [3.8, 4) is 17.2 Å². The van der Waals surface area contributed by atoms with Crippen LogP contribution in [-0.2, 0) is 17.6 Å². The lowest BCUT2D eigenvalue weighted by molar-refractivity contribution is -0.0104. The molecular weight excluding hydrogens is 337 g/mol. The zero-order valence-corrected chi connectivity index (χ0v) is 14.9. The van der Waals surface area contributed by atoms with Crippen LogP contribution in [0.1, 0.15) is 37.6 Å². The van der Waals surface area contributed by atoms with Gasteiger partial charge in [-0.3, -0.25) is 0 Å². The molecule has 0 amide bonds. The summed E-state index contributed by atoms with van der Waals surface area (Å²) in [4.78, 5) is 4.53. The number of ether oxygens (including phenoxy) is 2. The SMILES string of the molecule is CC(O)COC1CCc2nc(-c3ccc(OCC4CC4)c(F)c3)oc2C1. The van der Waals surface area contributed by atoms with Crippen molar-refractivity contribution in [1.29, 1.82) is 0 Å². The van der Waals surface area contributed by atoms with Crippen molar-refractivity contribution in [2.75, 3.05) is 13.2 Å². The molecule has 1 heterocycles. The van der Waals surface area contributed by atoms with Crippen LogP contribution in [0, 0.1) is 11.7 Å². The van der Waals surface area contributed by atoms with Crippen LogP contribution in [0.25, 0.3) is 11.5 Å². The minimum atomic E-state index is -0.481. The topological polar surface area (TPSA) is 64.7 Å². The third-order valence-corrected chi connectivity index (χ3v) is 4.82. The molecule has 6 heteroatoms. The van der Waals surface area contributed by atoms with Gasteiger partial charge in [0.1, 0.15) is 5.76 Å². The molecule has 2 atom stereocenters. The Kier molecular flexibility index (Phi) is 4.96. The van der Waals surface area contributed by atoms with Gasteiger partial charge >= 0.3 is 0 Å². The maximum Gasteiger partial charge on any atom is 0.226 e. The maximum atomic E-state index is 14.3. The second kappa shape index (κ2) is 7.37. The molecule has 26 heavy (non-hydrogen) atoms. The average molecular weight is 361 g/mol. The van der Waals surface area contributed by atoms with Crippen molar-refractivity contribution in [1.82, 2.24) is 4.98 Å². The first-order valence-electron chi connectivity index (χ1n) is 9.29. The first-order valence-corrected chi connectivity index (χ1v) is 9.29. The van der Waals surface area contributed by atoms with Crippen LogP contribution >= 0.6 is 0 Å². The van der Waals surface area contributed by atoms with Crippen LogP contribution in [0.4, 0.5) is 4.39 Å². The van der Waals surface area contributed by atoms with Crippen LogP contribution in [0.5, 0.6) is 5.75 Å². The summed E-state index contributed by atoms with van der Waals surface area (Å²) in [5, 5.41) is 9.34. The second-order valence-electron chi connectivity index (χ2n) is 7.34. The Bertz CT molecular complexity index is 769. The van der Waals surface area contributed by atoms with E-state index in [1.54, 1.807) is 19.1 Å². The van der Waals surface area contributed by atoms with Gasteiger partial charge in [-0.2, -0.15) is 0 Å². The van der Waals surface area contributed by atoms with Crippen molar-refractivity contribution < 1.29 is 23.4 Å². The number of fused-ring (bicyclic) bond motifs is 1. The number of benzene rings is 1. The van der Waals surface area contributed by atoms with E-state index in [9.17, 15) is 9.50 Å². The molecule has 1 aromatic heterocycles. The number of rotatable bonds is 7. The number of halogens is 1. The van der Waals surface area contributed by atoms with Gasteiger partial charge in [-0.05, 0) is 56.7 Å². The zero-order valence-electron chi connectivity index (χ0n) is 14.9. The van der Waals surface area contributed by atoms with Crippen molar-refractivity contribution in [3.05, 3.63) is 35.5 Å². The quantitative estimate of drug-likeness (QED) is 0.817. The molecule has 0 spiro atoms. The van der Waals surface area contributed by atoms with Crippen LogP contribution < -0.4 is 4.74 Å². The van der Waals surface area contributed by atoms with Crippen LogP contribution in [-0.4, -0.2) is 35.5 Å². The molecule has 1 saturated carbocycles. The standard InChI is InChI=1S/C20H24FNO4/c1-12(23)10-24-15-5-6-17-19(9-15)26-20(22-17)14-4-7-18(16(21)8-14)25-11-13-2-3-13/h4,7-8,12-13,15,23H,2-3,5-6,9-11H2,1H3. The lowest BCUT2D eigenvalue weighted by atomic mass is 9.99. The van der Waals surface area contributed by atoms with Gasteiger partial charge in [0, 0.05) is 12.0 Å². The summed E-state index contributed by atoms with van der Waals surface area (Å²) in [5.74, 6) is 1.69. The van der Waals surface area contributed by atoms with E-state index in [2.05, 4.69) is 4.98 Å². The van der Waals surface area contributed by atoms with E-state index in [4.69, 9.17) is 13.9 Å². The monoisotopic (exact) mass is 361 g/mol. The number of aromatic nitrogens is 1. The Balaban J connectivity index is 1.44. The van der Waals surface area contributed by atoms with Crippen LogP contribution in [0.2, 0.25) is 0 Å². The number of hydrogen-bond donors (Lipinski definition) is 1. The Morgan fingerprint density at radius 3 is 2.92 bits per heavy atom. The Morgan fingerprint density at radius 2 is 2.19 bits per heavy atom. The predicted octanol–water partition coefficient (Wildman–Crippen LogP) is 3.52. The summed E-state index contributed by atoms with van der Waals surface area (Å²) in [6, 6.07) is 4.84. The summed E-state index contributed by atoms with van der Waals surface area (Å²) in [6.45, 7) is 2.60. The molecule has 140 valence electrons. The summed E-state index contributed by atoms with van der Waals surface area (Å²) in [6.07, 6.45) is 4.10. The smallest absolute Gasteiger partial charge is 0.226 e. The fourth-order valence-corrected chi connectivity index (χ4v) is 3.13. The fourth-order valence-electron chi connectivity index (χ4n) is 3.13. The van der Waals surface area contributed by atoms with E-state index < -0.39 is 11.9 Å². The Hall–Kier alpha value is -1.92. The molecule has 1 N–H and O–H groups in total. The molecule has 0 saturated heterocycles. The third kappa shape index (κ3) is 4.07. The molecule has 4 rings (SSSR count). The molecule has 2 aliphatic rings. The second-order valence-corrected chi connectivity index (χ2v) is 7.34. The zero-order chi connectivity index (χ0) is 18.1. The molecule has 0 bridgehead atoms. The van der Waals surface area contributed by atoms with Gasteiger partial charge in [-0.25, -0.2) is 9.37 Å². The number of aryl methyl sites for hydroxylation is 1. The first-order chi connectivity index (χ1) is 12.6. The molecule has 1 aromatic carbocycles. The van der Waals surface area contributed by atoms with E-state index in [1.165, 1.54) is 18.9 Å². The molecule has 0 radical (unpaired) electrons. The lowest BCUT2D eigenvalue weighted by Gasteiger charge is -2.21. The van der Waals surface area contributed by atoms with Crippen molar-refractivity contribution in [3.63, 3.8) is 0 Å². The van der Waals surface area contributed by atoms with Crippen molar-refractivity contribution in [2.24, 2.45) is 5.92 Å². The minimum absolute atomic E-state index is 0.0211. The van der Waals surface area contributed by atoms with Crippen LogP contribution in [0.3, 0.4) is 0 Å². The van der Waals surface area contributed by atoms with E-state index in [0.29, 0.717) is 37.0 Å². The van der Waals surface area contributed by atoms with Crippen LogP contribution in [0.15, 0.2) is 22.6 Å². The van der Waals surface area contributed by atoms with Crippen molar-refractivity contribution >= 4 is 0 Å². The highest BCUT2D eigenvalue weighted by molar-refractivity contribution is 5.55. The summed E-state index contributed by atoms with van der Waals surface area (Å²) in [5.41, 5.74) is 1.52. The number of nitrogens with zero attached hydrogens (tertiary/aromatic N) is 1. The maximum absolute atomic E-state index is 14.3. The van der Waals surface area contributed by atoms with Gasteiger partial charge in [0.05, 0.1) is 31.1 Å². The molecule has 2 unspecified atom stereocenters. The number of aliphatic hydroxyl groups excluding tert-OH is 1. The largest absolute Gasteiger partial charge is 0.490 e. The molecule has 2 aromatic rings. The molecule has 5 nitrogen and oxygen atoms in total. The van der Waals surface area contributed by atoms with Crippen molar-refractivity contribution in [2.45, 2.75) is 51.2 Å². The van der Waals surface area contributed by atoms with Gasteiger partial charge < -0.3 is 19.0 Å². The predicted molar refractivity (Wildman–Crippen MR) is 93.6 cm³/mol. The highest BCUT2D eigenvalue weighted by Crippen LogP contribution is 2.33. The van der Waals surface area contributed by atoms with Gasteiger partial charge in [0.2, 0.25) is 5.89 Å². The fraction of sp³-hybridized carbons (Fsp3) is 0.550. The van der Waals surface area contributed by atoms with Gasteiger partial charge in [-0.15, -0.1) is 0 Å². The summed E-state index contributed by atoms with van der Waals surface area (Å²) < 4.78 is 31.4. The van der Waals surface area contributed by atoms with Gasteiger partial charge in [0.15, 0.2) is 11.6 Å². The van der Waals surface area contributed by atoms with Gasteiger partial charge in [0.25, 0.3) is 0 Å².